The molecule has 0 fully saturated rings. The second-order valence-electron chi connectivity index (χ2n) is 5.10. The SMILES string of the molecule is CCNc1nc(C(C)C)nc(-c2cccc(Cl)c2)c1C. The fourth-order valence-corrected chi connectivity index (χ4v) is 2.24. The average Bonchev–Trinajstić information content (AvgIpc) is 2.41. The van der Waals surface area contributed by atoms with E-state index in [4.69, 9.17) is 16.6 Å². The lowest BCUT2D eigenvalue weighted by Crippen LogP contribution is -2.08. The Balaban J connectivity index is 2.61. The van der Waals surface area contributed by atoms with E-state index in [-0.39, 0.29) is 5.92 Å². The van der Waals surface area contributed by atoms with Gasteiger partial charge in [-0.2, -0.15) is 0 Å². The first-order chi connectivity index (χ1) is 9.52. The fourth-order valence-electron chi connectivity index (χ4n) is 2.05. The summed E-state index contributed by atoms with van der Waals surface area (Å²) in [6.07, 6.45) is 0. The minimum Gasteiger partial charge on any atom is -0.370 e. The van der Waals surface area contributed by atoms with Crippen LogP contribution in [0.1, 0.15) is 38.1 Å². The molecule has 2 rings (SSSR count). The van der Waals surface area contributed by atoms with E-state index in [2.05, 4.69) is 31.1 Å². The second-order valence-corrected chi connectivity index (χ2v) is 5.54. The molecule has 0 saturated heterocycles. The maximum Gasteiger partial charge on any atom is 0.133 e. The minimum atomic E-state index is 0.283. The van der Waals surface area contributed by atoms with E-state index >= 15 is 0 Å². The Morgan fingerprint density at radius 1 is 1.25 bits per heavy atom. The van der Waals surface area contributed by atoms with E-state index in [1.54, 1.807) is 0 Å². The first-order valence-electron chi connectivity index (χ1n) is 6.91. The summed E-state index contributed by atoms with van der Waals surface area (Å²) in [5.74, 6) is 2.04. The van der Waals surface area contributed by atoms with Gasteiger partial charge < -0.3 is 5.32 Å². The summed E-state index contributed by atoms with van der Waals surface area (Å²) in [6.45, 7) is 9.14. The number of nitrogens with one attached hydrogen (secondary N) is 1. The van der Waals surface area contributed by atoms with Gasteiger partial charge in [-0.15, -0.1) is 0 Å². The minimum absolute atomic E-state index is 0.283. The molecule has 1 N–H and O–H groups in total. The summed E-state index contributed by atoms with van der Waals surface area (Å²) in [5, 5.41) is 4.03. The van der Waals surface area contributed by atoms with Crippen LogP contribution >= 0.6 is 11.6 Å². The van der Waals surface area contributed by atoms with Gasteiger partial charge in [-0.25, -0.2) is 9.97 Å². The highest BCUT2D eigenvalue weighted by Gasteiger charge is 2.14. The van der Waals surface area contributed by atoms with Crippen LogP contribution in [0.3, 0.4) is 0 Å². The molecule has 0 aliphatic heterocycles. The van der Waals surface area contributed by atoms with E-state index in [0.717, 1.165) is 40.0 Å². The number of aromatic nitrogens is 2. The van der Waals surface area contributed by atoms with Crippen LogP contribution < -0.4 is 5.32 Å². The van der Waals surface area contributed by atoms with E-state index < -0.39 is 0 Å². The van der Waals surface area contributed by atoms with Crippen LogP contribution in [0.2, 0.25) is 5.02 Å². The van der Waals surface area contributed by atoms with E-state index in [1.807, 2.05) is 31.2 Å². The molecule has 106 valence electrons. The third-order valence-corrected chi connectivity index (χ3v) is 3.36. The molecule has 20 heavy (non-hydrogen) atoms. The number of halogens is 1. The standard InChI is InChI=1S/C16H20ClN3/c1-5-18-16-11(4)14(19-15(20-16)10(2)3)12-7-6-8-13(17)9-12/h6-10H,5H2,1-4H3,(H,18,19,20). The van der Waals surface area contributed by atoms with Crippen molar-refractivity contribution in [1.82, 2.24) is 9.97 Å². The molecule has 1 aromatic heterocycles. The molecule has 0 saturated carbocycles. The monoisotopic (exact) mass is 289 g/mol. The highest BCUT2D eigenvalue weighted by atomic mass is 35.5. The summed E-state index contributed by atoms with van der Waals surface area (Å²) in [4.78, 5) is 9.33. The van der Waals surface area contributed by atoms with Gasteiger partial charge in [-0.1, -0.05) is 37.6 Å². The number of hydrogen-bond donors (Lipinski definition) is 1. The number of rotatable bonds is 4. The van der Waals surface area contributed by atoms with Gasteiger partial charge in [-0.05, 0) is 26.0 Å². The Hall–Kier alpha value is -1.61. The molecule has 0 spiro atoms. The Labute approximate surface area is 125 Å². The number of hydrogen-bond acceptors (Lipinski definition) is 3. The largest absolute Gasteiger partial charge is 0.370 e. The molecule has 0 amide bonds. The zero-order valence-corrected chi connectivity index (χ0v) is 13.1. The van der Waals surface area contributed by atoms with Gasteiger partial charge in [0.15, 0.2) is 0 Å². The van der Waals surface area contributed by atoms with Crippen LogP contribution in [0.5, 0.6) is 0 Å². The molecule has 0 radical (unpaired) electrons. The Kier molecular flexibility index (Phi) is 4.61. The Bertz CT molecular complexity index is 609. The molecule has 3 nitrogen and oxygen atoms in total. The van der Waals surface area contributed by atoms with Crippen molar-refractivity contribution in [3.05, 3.63) is 40.7 Å². The molecule has 2 aromatic rings. The highest BCUT2D eigenvalue weighted by molar-refractivity contribution is 6.30. The lowest BCUT2D eigenvalue weighted by atomic mass is 10.1. The van der Waals surface area contributed by atoms with Crippen LogP contribution in [-0.2, 0) is 0 Å². The molecule has 0 bridgehead atoms. The lowest BCUT2D eigenvalue weighted by Gasteiger charge is -2.15. The van der Waals surface area contributed by atoms with E-state index in [1.165, 1.54) is 0 Å². The van der Waals surface area contributed by atoms with Crippen molar-refractivity contribution < 1.29 is 0 Å². The predicted molar refractivity (Wildman–Crippen MR) is 85.5 cm³/mol. The molecule has 0 atom stereocenters. The maximum atomic E-state index is 6.09. The van der Waals surface area contributed by atoms with Crippen LogP contribution in [0.25, 0.3) is 11.3 Å². The number of benzene rings is 1. The van der Waals surface area contributed by atoms with Crippen molar-refractivity contribution in [2.45, 2.75) is 33.6 Å². The average molecular weight is 290 g/mol. The molecule has 0 aliphatic carbocycles. The fraction of sp³-hybridized carbons (Fsp3) is 0.375. The van der Waals surface area contributed by atoms with Gasteiger partial charge in [0.25, 0.3) is 0 Å². The van der Waals surface area contributed by atoms with Gasteiger partial charge >= 0.3 is 0 Å². The normalized spacial score (nSPS) is 10.9. The topological polar surface area (TPSA) is 37.8 Å². The second kappa shape index (κ2) is 6.23. The van der Waals surface area contributed by atoms with E-state index in [0.29, 0.717) is 0 Å². The summed E-state index contributed by atoms with van der Waals surface area (Å²) in [6, 6.07) is 7.79. The van der Waals surface area contributed by atoms with Crippen molar-refractivity contribution in [3.8, 4) is 11.3 Å². The lowest BCUT2D eigenvalue weighted by molar-refractivity contribution is 0.774. The summed E-state index contributed by atoms with van der Waals surface area (Å²) in [5.41, 5.74) is 3.03. The van der Waals surface area contributed by atoms with Crippen LogP contribution in [-0.4, -0.2) is 16.5 Å². The Morgan fingerprint density at radius 2 is 2.00 bits per heavy atom. The van der Waals surface area contributed by atoms with Crippen molar-refractivity contribution in [1.29, 1.82) is 0 Å². The molecule has 1 aromatic carbocycles. The molecule has 0 aliphatic rings. The molecular formula is C16H20ClN3. The van der Waals surface area contributed by atoms with Crippen LogP contribution in [0.4, 0.5) is 5.82 Å². The first-order valence-corrected chi connectivity index (χ1v) is 7.29. The van der Waals surface area contributed by atoms with E-state index in [9.17, 15) is 0 Å². The zero-order valence-electron chi connectivity index (χ0n) is 12.4. The van der Waals surface area contributed by atoms with Gasteiger partial charge in [0, 0.05) is 28.6 Å². The molecular weight excluding hydrogens is 270 g/mol. The van der Waals surface area contributed by atoms with Gasteiger partial charge in [0.1, 0.15) is 11.6 Å². The third kappa shape index (κ3) is 3.10. The van der Waals surface area contributed by atoms with Crippen molar-refractivity contribution >= 4 is 17.4 Å². The quantitative estimate of drug-likeness (QED) is 0.889. The zero-order chi connectivity index (χ0) is 14.7. The summed E-state index contributed by atoms with van der Waals surface area (Å²) < 4.78 is 0. The van der Waals surface area contributed by atoms with Crippen molar-refractivity contribution in [2.24, 2.45) is 0 Å². The summed E-state index contributed by atoms with van der Waals surface area (Å²) >= 11 is 6.09. The summed E-state index contributed by atoms with van der Waals surface area (Å²) in [7, 11) is 0. The first kappa shape index (κ1) is 14.8. The predicted octanol–water partition coefficient (Wildman–Crippen LogP) is 4.66. The third-order valence-electron chi connectivity index (χ3n) is 3.12. The molecule has 4 heteroatoms. The Morgan fingerprint density at radius 3 is 2.60 bits per heavy atom. The highest BCUT2D eigenvalue weighted by Crippen LogP contribution is 2.29. The van der Waals surface area contributed by atoms with Crippen LogP contribution in [0, 0.1) is 6.92 Å². The van der Waals surface area contributed by atoms with Crippen molar-refractivity contribution in [3.63, 3.8) is 0 Å². The molecule has 1 heterocycles. The molecule has 0 unspecified atom stereocenters. The van der Waals surface area contributed by atoms with Crippen LogP contribution in [0.15, 0.2) is 24.3 Å². The van der Waals surface area contributed by atoms with Gasteiger partial charge in [0.05, 0.1) is 5.69 Å². The smallest absolute Gasteiger partial charge is 0.133 e. The van der Waals surface area contributed by atoms with Crippen molar-refractivity contribution in [2.75, 3.05) is 11.9 Å². The maximum absolute atomic E-state index is 6.09. The van der Waals surface area contributed by atoms with Gasteiger partial charge in [-0.3, -0.25) is 0 Å². The number of anilines is 1. The number of nitrogens with zero attached hydrogens (tertiary/aromatic N) is 2. The van der Waals surface area contributed by atoms with Gasteiger partial charge in [0.2, 0.25) is 0 Å².